The second-order valence-corrected chi connectivity index (χ2v) is 8.86. The van der Waals surface area contributed by atoms with Gasteiger partial charge in [-0.25, -0.2) is 4.79 Å². The summed E-state index contributed by atoms with van der Waals surface area (Å²) in [5.74, 6) is -0.673. The molecule has 0 saturated heterocycles. The van der Waals surface area contributed by atoms with Crippen molar-refractivity contribution in [1.29, 1.82) is 0 Å². The van der Waals surface area contributed by atoms with Crippen molar-refractivity contribution in [3.05, 3.63) is 116 Å². The van der Waals surface area contributed by atoms with Crippen LogP contribution in [0.25, 0.3) is 11.0 Å². The van der Waals surface area contributed by atoms with Crippen molar-refractivity contribution in [1.82, 2.24) is 4.90 Å². The van der Waals surface area contributed by atoms with Crippen LogP contribution in [0.15, 0.2) is 75.9 Å². The maximum Gasteiger partial charge on any atom is 0.337 e. The molecule has 1 amide bonds. The standard InChI is InChI=1S/C29H25NO5/c1-17-15-22-23(16-18(17)2)35-27-24(26(22)31)25(20-9-11-21(12-10-20)29(33)34-3)30(28(27)32)14-13-19-7-5-4-6-8-19/h4-12,15-16,25H,13-14H2,1-3H3. The monoisotopic (exact) mass is 467 g/mol. The maximum absolute atomic E-state index is 13.7. The van der Waals surface area contributed by atoms with Gasteiger partial charge in [-0.1, -0.05) is 42.5 Å². The number of aryl methyl sites for hydroxylation is 2. The minimum atomic E-state index is -0.616. The molecule has 0 spiro atoms. The fourth-order valence-corrected chi connectivity index (χ4v) is 4.67. The molecule has 6 nitrogen and oxygen atoms in total. The predicted molar refractivity (Wildman–Crippen MR) is 133 cm³/mol. The smallest absolute Gasteiger partial charge is 0.337 e. The molecule has 3 aromatic carbocycles. The van der Waals surface area contributed by atoms with Gasteiger partial charge in [0.25, 0.3) is 5.91 Å². The quantitative estimate of drug-likeness (QED) is 0.387. The van der Waals surface area contributed by atoms with Crippen LogP contribution in [-0.2, 0) is 11.2 Å². The minimum Gasteiger partial charge on any atom is -0.465 e. The number of rotatable bonds is 5. The number of carbonyl (C=O) groups excluding carboxylic acids is 2. The molecular formula is C29H25NO5. The highest BCUT2D eigenvalue weighted by Crippen LogP contribution is 2.38. The number of hydrogen-bond donors (Lipinski definition) is 0. The summed E-state index contributed by atoms with van der Waals surface area (Å²) in [5.41, 5.74) is 4.73. The number of esters is 1. The van der Waals surface area contributed by atoms with Crippen molar-refractivity contribution in [2.45, 2.75) is 26.3 Å². The molecule has 0 bridgehead atoms. The van der Waals surface area contributed by atoms with Crippen molar-refractivity contribution in [3.8, 4) is 0 Å². The Hall–Kier alpha value is -4.19. The Labute approximate surface area is 202 Å². The van der Waals surface area contributed by atoms with E-state index in [1.54, 1.807) is 29.2 Å². The highest BCUT2D eigenvalue weighted by atomic mass is 16.5. The molecule has 35 heavy (non-hydrogen) atoms. The minimum absolute atomic E-state index is 0.0841. The van der Waals surface area contributed by atoms with E-state index in [1.807, 2.05) is 56.3 Å². The molecule has 1 aliphatic heterocycles. The lowest BCUT2D eigenvalue weighted by Gasteiger charge is -2.25. The van der Waals surface area contributed by atoms with Crippen LogP contribution in [0.1, 0.15) is 54.8 Å². The summed E-state index contributed by atoms with van der Waals surface area (Å²) in [6.45, 7) is 4.30. The molecule has 176 valence electrons. The second-order valence-electron chi connectivity index (χ2n) is 8.86. The number of ether oxygens (including phenoxy) is 1. The number of benzene rings is 3. The van der Waals surface area contributed by atoms with Crippen LogP contribution < -0.4 is 5.43 Å². The zero-order valence-corrected chi connectivity index (χ0v) is 19.8. The molecule has 2 heterocycles. The van der Waals surface area contributed by atoms with Gasteiger partial charge in [0, 0.05) is 6.54 Å². The lowest BCUT2D eigenvalue weighted by Crippen LogP contribution is -2.31. The van der Waals surface area contributed by atoms with Crippen molar-refractivity contribution >= 4 is 22.8 Å². The van der Waals surface area contributed by atoms with E-state index in [2.05, 4.69) is 0 Å². The fraction of sp³-hybridized carbons (Fsp3) is 0.207. The number of methoxy groups -OCH3 is 1. The van der Waals surface area contributed by atoms with Gasteiger partial charge in [0.1, 0.15) is 5.58 Å². The first-order valence-electron chi connectivity index (χ1n) is 11.5. The molecule has 0 fully saturated rings. The van der Waals surface area contributed by atoms with Gasteiger partial charge >= 0.3 is 5.97 Å². The van der Waals surface area contributed by atoms with Gasteiger partial charge in [-0.05, 0) is 66.8 Å². The number of carbonyl (C=O) groups is 2. The normalized spacial score (nSPS) is 14.9. The topological polar surface area (TPSA) is 76.8 Å². The Balaban J connectivity index is 1.65. The van der Waals surface area contributed by atoms with Gasteiger partial charge in [-0.15, -0.1) is 0 Å². The first-order chi connectivity index (χ1) is 16.9. The molecule has 0 N–H and O–H groups in total. The molecule has 1 aromatic heterocycles. The molecule has 6 heteroatoms. The maximum atomic E-state index is 13.7. The van der Waals surface area contributed by atoms with Crippen LogP contribution in [0.5, 0.6) is 0 Å². The molecule has 1 unspecified atom stereocenters. The zero-order chi connectivity index (χ0) is 24.7. The summed E-state index contributed by atoms with van der Waals surface area (Å²) >= 11 is 0. The van der Waals surface area contributed by atoms with Crippen molar-refractivity contribution in [3.63, 3.8) is 0 Å². The highest BCUT2D eigenvalue weighted by molar-refractivity contribution is 5.99. The number of hydrogen-bond acceptors (Lipinski definition) is 5. The molecule has 4 aromatic rings. The van der Waals surface area contributed by atoms with Gasteiger partial charge < -0.3 is 14.1 Å². The van der Waals surface area contributed by atoms with Crippen LogP contribution in [0.2, 0.25) is 0 Å². The van der Waals surface area contributed by atoms with Gasteiger partial charge in [0.2, 0.25) is 5.76 Å². The second kappa shape index (κ2) is 8.87. The largest absolute Gasteiger partial charge is 0.465 e. The Morgan fingerprint density at radius 2 is 1.66 bits per heavy atom. The van der Waals surface area contributed by atoms with Crippen LogP contribution in [-0.4, -0.2) is 30.4 Å². The average molecular weight is 468 g/mol. The van der Waals surface area contributed by atoms with E-state index >= 15 is 0 Å². The summed E-state index contributed by atoms with van der Waals surface area (Å²) in [4.78, 5) is 40.9. The van der Waals surface area contributed by atoms with Crippen molar-refractivity contribution in [2.24, 2.45) is 0 Å². The van der Waals surface area contributed by atoms with E-state index in [1.165, 1.54) is 7.11 Å². The molecular weight excluding hydrogens is 442 g/mol. The average Bonchev–Trinajstić information content (AvgIpc) is 3.16. The number of fused-ring (bicyclic) bond motifs is 2. The van der Waals surface area contributed by atoms with E-state index in [0.717, 1.165) is 22.3 Å². The fourth-order valence-electron chi connectivity index (χ4n) is 4.67. The van der Waals surface area contributed by atoms with Crippen LogP contribution in [0.3, 0.4) is 0 Å². The third-order valence-corrected chi connectivity index (χ3v) is 6.71. The Morgan fingerprint density at radius 1 is 0.971 bits per heavy atom. The van der Waals surface area contributed by atoms with Crippen LogP contribution in [0, 0.1) is 13.8 Å². The van der Waals surface area contributed by atoms with Gasteiger partial charge in [0.05, 0.1) is 29.7 Å². The summed E-state index contributed by atoms with van der Waals surface area (Å²) in [6, 6.07) is 19.7. The summed E-state index contributed by atoms with van der Waals surface area (Å²) in [7, 11) is 1.33. The molecule has 0 saturated carbocycles. The summed E-state index contributed by atoms with van der Waals surface area (Å²) < 4.78 is 10.9. The van der Waals surface area contributed by atoms with E-state index in [-0.39, 0.29) is 17.1 Å². The SMILES string of the molecule is COC(=O)c1ccc(C2c3c(oc4cc(C)c(C)cc4c3=O)C(=O)N2CCc2ccccc2)cc1. The van der Waals surface area contributed by atoms with E-state index in [4.69, 9.17) is 9.15 Å². The van der Waals surface area contributed by atoms with Crippen LogP contribution in [0.4, 0.5) is 0 Å². The Bertz CT molecular complexity index is 1500. The molecule has 5 rings (SSSR count). The molecule has 0 radical (unpaired) electrons. The van der Waals surface area contributed by atoms with E-state index < -0.39 is 12.0 Å². The Morgan fingerprint density at radius 3 is 2.34 bits per heavy atom. The summed E-state index contributed by atoms with van der Waals surface area (Å²) in [5, 5.41) is 0.459. The molecule has 1 aliphatic rings. The van der Waals surface area contributed by atoms with Crippen molar-refractivity contribution < 1.29 is 18.7 Å². The molecule has 1 atom stereocenters. The first kappa shape index (κ1) is 22.6. The number of amides is 1. The molecule has 0 aliphatic carbocycles. The third-order valence-electron chi connectivity index (χ3n) is 6.71. The van der Waals surface area contributed by atoms with Gasteiger partial charge in [0.15, 0.2) is 5.43 Å². The van der Waals surface area contributed by atoms with Gasteiger partial charge in [-0.3, -0.25) is 9.59 Å². The zero-order valence-electron chi connectivity index (χ0n) is 19.8. The predicted octanol–water partition coefficient (Wildman–Crippen LogP) is 4.98. The van der Waals surface area contributed by atoms with Gasteiger partial charge in [-0.2, -0.15) is 0 Å². The summed E-state index contributed by atoms with van der Waals surface area (Å²) in [6.07, 6.45) is 0.628. The van der Waals surface area contributed by atoms with Crippen LogP contribution >= 0.6 is 0 Å². The van der Waals surface area contributed by atoms with E-state index in [9.17, 15) is 14.4 Å². The lowest BCUT2D eigenvalue weighted by molar-refractivity contribution is 0.0600. The first-order valence-corrected chi connectivity index (χ1v) is 11.5. The highest BCUT2D eigenvalue weighted by Gasteiger charge is 2.42. The number of nitrogens with zero attached hydrogens (tertiary/aromatic N) is 1. The lowest BCUT2D eigenvalue weighted by atomic mass is 9.96. The Kier molecular flexibility index (Phi) is 5.73. The third kappa shape index (κ3) is 3.91. The van der Waals surface area contributed by atoms with Crippen molar-refractivity contribution in [2.75, 3.05) is 13.7 Å². The van der Waals surface area contributed by atoms with E-state index in [0.29, 0.717) is 35.1 Å².